The summed E-state index contributed by atoms with van der Waals surface area (Å²) < 4.78 is 10.2. The maximum Gasteiger partial charge on any atom is 0.229 e. The fourth-order valence-electron chi connectivity index (χ4n) is 1.30. The monoisotopic (exact) mass is 328 g/mol. The van der Waals surface area contributed by atoms with Crippen LogP contribution in [0.1, 0.15) is 6.42 Å². The van der Waals surface area contributed by atoms with Crippen molar-refractivity contribution in [3.8, 4) is 0 Å². The summed E-state index contributed by atoms with van der Waals surface area (Å²) in [5.74, 6) is -0.823. The largest absolute Gasteiger partial charge is 0.379 e. The number of hydrogen-bond acceptors (Lipinski definition) is 6. The molecule has 0 unspecified atom stereocenters. The highest BCUT2D eigenvalue weighted by Gasteiger charge is 2.07. The molecule has 2 amide bonds. The van der Waals surface area contributed by atoms with Gasteiger partial charge in [0.25, 0.3) is 0 Å². The molecular weight excluding hydrogens is 308 g/mol. The lowest BCUT2D eigenvalue weighted by Gasteiger charge is -2.07. The molecule has 0 atom stereocenters. The first kappa shape index (κ1) is 20.5. The van der Waals surface area contributed by atoms with Crippen LogP contribution in [0.4, 0.5) is 0 Å². The highest BCUT2D eigenvalue weighted by Crippen LogP contribution is 1.83. The number of azide groups is 2. The summed E-state index contributed by atoms with van der Waals surface area (Å²) >= 11 is 0. The van der Waals surface area contributed by atoms with Crippen LogP contribution in [0.15, 0.2) is 10.2 Å². The van der Waals surface area contributed by atoms with Crippen LogP contribution in [0.5, 0.6) is 0 Å². The van der Waals surface area contributed by atoms with Gasteiger partial charge in [0, 0.05) is 36.0 Å². The molecule has 0 aromatic rings. The fourth-order valence-corrected chi connectivity index (χ4v) is 1.30. The van der Waals surface area contributed by atoms with E-state index in [9.17, 15) is 9.59 Å². The maximum absolute atomic E-state index is 11.4. The van der Waals surface area contributed by atoms with E-state index < -0.39 is 11.8 Å². The summed E-state index contributed by atoms with van der Waals surface area (Å²) in [6.07, 6.45) is -0.280. The second-order valence-electron chi connectivity index (χ2n) is 4.01. The Morgan fingerprint density at radius 2 is 1.26 bits per heavy atom. The molecule has 0 heterocycles. The number of hydrogen-bond donors (Lipinski definition) is 2. The average Bonchev–Trinajstić information content (AvgIpc) is 2.53. The minimum atomic E-state index is -0.412. The smallest absolute Gasteiger partial charge is 0.229 e. The van der Waals surface area contributed by atoms with Crippen molar-refractivity contribution in [2.45, 2.75) is 6.42 Å². The summed E-state index contributed by atoms with van der Waals surface area (Å²) in [7, 11) is 0. The van der Waals surface area contributed by atoms with Gasteiger partial charge in [0.1, 0.15) is 6.42 Å². The molecule has 0 radical (unpaired) electrons. The first-order valence-corrected chi connectivity index (χ1v) is 6.91. The number of rotatable bonds is 14. The third-order valence-corrected chi connectivity index (χ3v) is 2.26. The normalized spacial score (nSPS) is 9.39. The predicted molar refractivity (Wildman–Crippen MR) is 80.3 cm³/mol. The molecule has 0 aromatic heterocycles. The highest BCUT2D eigenvalue weighted by molar-refractivity contribution is 5.96. The van der Waals surface area contributed by atoms with Gasteiger partial charge in [-0.1, -0.05) is 10.2 Å². The Hall–Kier alpha value is -2.52. The summed E-state index contributed by atoms with van der Waals surface area (Å²) in [6.45, 7) is 2.10. The topological polar surface area (TPSA) is 174 Å². The van der Waals surface area contributed by atoms with Crippen molar-refractivity contribution in [1.29, 1.82) is 0 Å². The van der Waals surface area contributed by atoms with E-state index >= 15 is 0 Å². The van der Waals surface area contributed by atoms with E-state index in [2.05, 4.69) is 30.7 Å². The second kappa shape index (κ2) is 15.9. The summed E-state index contributed by atoms with van der Waals surface area (Å²) in [4.78, 5) is 28.0. The van der Waals surface area contributed by atoms with E-state index in [1.807, 2.05) is 0 Å². The molecule has 2 N–H and O–H groups in total. The van der Waals surface area contributed by atoms with E-state index in [1.165, 1.54) is 0 Å². The molecule has 0 bridgehead atoms. The Balaban J connectivity index is 3.45. The highest BCUT2D eigenvalue weighted by atomic mass is 16.5. The lowest BCUT2D eigenvalue weighted by atomic mass is 10.3. The number of carbonyl (C=O) groups excluding carboxylic acids is 2. The number of nitrogens with one attached hydrogen (secondary N) is 2. The molecule has 0 aromatic carbocycles. The molecule has 0 aliphatic heterocycles. The van der Waals surface area contributed by atoms with Crippen molar-refractivity contribution >= 4 is 11.8 Å². The number of carbonyl (C=O) groups is 2. The van der Waals surface area contributed by atoms with Crippen LogP contribution in [-0.4, -0.2) is 64.4 Å². The van der Waals surface area contributed by atoms with E-state index in [4.69, 9.17) is 20.5 Å². The maximum atomic E-state index is 11.4. The van der Waals surface area contributed by atoms with Gasteiger partial charge in [-0.15, -0.1) is 0 Å². The SMILES string of the molecule is [N-]=[N+]=NCCOCCNC(=O)CC(=O)NCCOCCN=[N+]=[N-]. The van der Waals surface area contributed by atoms with Gasteiger partial charge in [0.15, 0.2) is 0 Å². The van der Waals surface area contributed by atoms with Gasteiger partial charge in [-0.2, -0.15) is 0 Å². The van der Waals surface area contributed by atoms with Gasteiger partial charge in [0.05, 0.1) is 26.4 Å². The van der Waals surface area contributed by atoms with Crippen LogP contribution < -0.4 is 10.6 Å². The molecule has 12 heteroatoms. The molecule has 23 heavy (non-hydrogen) atoms. The van der Waals surface area contributed by atoms with E-state index in [0.29, 0.717) is 0 Å². The van der Waals surface area contributed by atoms with Crippen LogP contribution in [-0.2, 0) is 19.1 Å². The molecule has 12 nitrogen and oxygen atoms in total. The molecule has 0 aliphatic rings. The molecule has 0 saturated carbocycles. The first-order valence-electron chi connectivity index (χ1n) is 6.91. The molecular formula is C11H20N8O4. The van der Waals surface area contributed by atoms with Crippen molar-refractivity contribution in [1.82, 2.24) is 10.6 Å². The van der Waals surface area contributed by atoms with Crippen molar-refractivity contribution in [3.63, 3.8) is 0 Å². The zero-order valence-electron chi connectivity index (χ0n) is 12.7. The molecule has 0 spiro atoms. The number of ether oxygens (including phenoxy) is 2. The first-order chi connectivity index (χ1) is 11.2. The van der Waals surface area contributed by atoms with Gasteiger partial charge in [-0.25, -0.2) is 0 Å². The quantitative estimate of drug-likeness (QED) is 0.153. The van der Waals surface area contributed by atoms with E-state index in [0.717, 1.165) is 0 Å². The second-order valence-corrected chi connectivity index (χ2v) is 4.01. The standard InChI is InChI=1S/C11H20N8O4/c12-18-16-3-7-22-5-1-14-10(20)9-11(21)15-2-6-23-8-4-17-19-13/h1-9H2,(H,14,20)(H,15,21). The average molecular weight is 328 g/mol. The van der Waals surface area contributed by atoms with E-state index in [1.54, 1.807) is 0 Å². The van der Waals surface area contributed by atoms with Gasteiger partial charge in [-0.3, -0.25) is 9.59 Å². The van der Waals surface area contributed by atoms with Crippen LogP contribution in [0.3, 0.4) is 0 Å². The number of nitrogens with zero attached hydrogens (tertiary/aromatic N) is 6. The fraction of sp³-hybridized carbons (Fsp3) is 0.818. The molecule has 0 fully saturated rings. The lowest BCUT2D eigenvalue weighted by Crippen LogP contribution is -2.34. The Kier molecular flexibility index (Phi) is 14.1. The van der Waals surface area contributed by atoms with Crippen LogP contribution in [0.25, 0.3) is 20.9 Å². The van der Waals surface area contributed by atoms with Crippen molar-refractivity contribution in [2.75, 3.05) is 52.6 Å². The molecule has 128 valence electrons. The van der Waals surface area contributed by atoms with Gasteiger partial charge >= 0.3 is 0 Å². The van der Waals surface area contributed by atoms with Gasteiger partial charge in [0.2, 0.25) is 11.8 Å². The Labute approximate surface area is 132 Å². The minimum Gasteiger partial charge on any atom is -0.379 e. The van der Waals surface area contributed by atoms with Gasteiger partial charge in [-0.05, 0) is 11.1 Å². The third-order valence-electron chi connectivity index (χ3n) is 2.26. The number of amides is 2. The van der Waals surface area contributed by atoms with Crippen LogP contribution in [0.2, 0.25) is 0 Å². The summed E-state index contributed by atoms with van der Waals surface area (Å²) in [6, 6.07) is 0. The Bertz CT molecular complexity index is 405. The Morgan fingerprint density at radius 1 is 0.826 bits per heavy atom. The Morgan fingerprint density at radius 3 is 1.65 bits per heavy atom. The molecule has 0 rings (SSSR count). The summed E-state index contributed by atoms with van der Waals surface area (Å²) in [5.41, 5.74) is 16.1. The predicted octanol–water partition coefficient (Wildman–Crippen LogP) is 0.263. The molecule has 0 saturated heterocycles. The van der Waals surface area contributed by atoms with E-state index in [-0.39, 0.29) is 59.0 Å². The lowest BCUT2D eigenvalue weighted by molar-refractivity contribution is -0.129. The minimum absolute atomic E-state index is 0.234. The van der Waals surface area contributed by atoms with Crippen molar-refractivity contribution in [2.24, 2.45) is 10.2 Å². The van der Waals surface area contributed by atoms with Crippen molar-refractivity contribution < 1.29 is 19.1 Å². The van der Waals surface area contributed by atoms with Crippen LogP contribution in [0, 0.1) is 0 Å². The van der Waals surface area contributed by atoms with Gasteiger partial charge < -0.3 is 20.1 Å². The third kappa shape index (κ3) is 15.7. The molecule has 0 aliphatic carbocycles. The van der Waals surface area contributed by atoms with Crippen molar-refractivity contribution in [3.05, 3.63) is 20.9 Å². The van der Waals surface area contributed by atoms with Crippen LogP contribution >= 0.6 is 0 Å². The zero-order valence-corrected chi connectivity index (χ0v) is 12.7. The summed E-state index contributed by atoms with van der Waals surface area (Å²) in [5, 5.41) is 11.6. The zero-order chi connectivity index (χ0) is 17.2.